The Bertz CT molecular complexity index is 170. The van der Waals surface area contributed by atoms with Crippen molar-refractivity contribution in [1.82, 2.24) is 10.4 Å². The van der Waals surface area contributed by atoms with Gasteiger partial charge in [-0.05, 0) is 0 Å². The van der Waals surface area contributed by atoms with Crippen LogP contribution >= 0.6 is 0 Å². The van der Waals surface area contributed by atoms with E-state index < -0.39 is 12.0 Å². The van der Waals surface area contributed by atoms with Gasteiger partial charge in [0.25, 0.3) is 0 Å². The van der Waals surface area contributed by atoms with Gasteiger partial charge in [-0.2, -0.15) is 0 Å². The predicted octanol–water partition coefficient (Wildman–Crippen LogP) is -1.76. The van der Waals surface area contributed by atoms with Crippen LogP contribution in [0, 0.1) is 0 Å². The Labute approximate surface area is 76.6 Å². The highest BCUT2D eigenvalue weighted by molar-refractivity contribution is 5.73. The third-order valence-electron chi connectivity index (χ3n) is 1.88. The van der Waals surface area contributed by atoms with Crippen LogP contribution in [0.15, 0.2) is 0 Å². The molecular formula is C7H15N3O3. The Morgan fingerprint density at radius 1 is 1.62 bits per heavy atom. The molecule has 1 aliphatic heterocycles. The van der Waals surface area contributed by atoms with E-state index in [-0.39, 0.29) is 6.54 Å². The fourth-order valence-corrected chi connectivity index (χ4v) is 1.12. The van der Waals surface area contributed by atoms with E-state index in [0.29, 0.717) is 26.3 Å². The van der Waals surface area contributed by atoms with Crippen molar-refractivity contribution in [1.29, 1.82) is 0 Å². The van der Waals surface area contributed by atoms with Crippen molar-refractivity contribution in [3.63, 3.8) is 0 Å². The molecule has 1 saturated heterocycles. The Morgan fingerprint density at radius 2 is 2.23 bits per heavy atom. The molecule has 13 heavy (non-hydrogen) atoms. The molecule has 6 nitrogen and oxygen atoms in total. The van der Waals surface area contributed by atoms with Crippen molar-refractivity contribution >= 4 is 5.97 Å². The summed E-state index contributed by atoms with van der Waals surface area (Å²) in [6, 6.07) is -0.696. The molecule has 1 atom stereocenters. The highest BCUT2D eigenvalue weighted by Gasteiger charge is 2.19. The lowest BCUT2D eigenvalue weighted by molar-refractivity contribution is -0.141. The average Bonchev–Trinajstić information content (AvgIpc) is 2.15. The number of hydrazine groups is 1. The van der Waals surface area contributed by atoms with E-state index >= 15 is 0 Å². The van der Waals surface area contributed by atoms with Crippen molar-refractivity contribution in [3.05, 3.63) is 0 Å². The van der Waals surface area contributed by atoms with Gasteiger partial charge in [-0.25, -0.2) is 10.4 Å². The van der Waals surface area contributed by atoms with E-state index in [1.807, 2.05) is 5.01 Å². The summed E-state index contributed by atoms with van der Waals surface area (Å²) in [5.74, 6) is -0.922. The second-order valence-corrected chi connectivity index (χ2v) is 2.86. The highest BCUT2D eigenvalue weighted by atomic mass is 16.5. The molecule has 1 rings (SSSR count). The van der Waals surface area contributed by atoms with Crippen molar-refractivity contribution in [2.24, 2.45) is 5.73 Å². The van der Waals surface area contributed by atoms with Gasteiger partial charge in [0.1, 0.15) is 6.04 Å². The van der Waals surface area contributed by atoms with E-state index in [4.69, 9.17) is 15.6 Å². The molecule has 1 unspecified atom stereocenters. The summed E-state index contributed by atoms with van der Waals surface area (Å²) in [7, 11) is 0. The first-order chi connectivity index (χ1) is 6.24. The van der Waals surface area contributed by atoms with Gasteiger partial charge < -0.3 is 15.6 Å². The van der Waals surface area contributed by atoms with E-state index in [1.165, 1.54) is 0 Å². The summed E-state index contributed by atoms with van der Waals surface area (Å²) >= 11 is 0. The van der Waals surface area contributed by atoms with Gasteiger partial charge in [0.2, 0.25) is 0 Å². The van der Waals surface area contributed by atoms with Gasteiger partial charge in [-0.3, -0.25) is 4.79 Å². The van der Waals surface area contributed by atoms with Gasteiger partial charge in [0.15, 0.2) is 0 Å². The molecule has 0 aromatic rings. The van der Waals surface area contributed by atoms with Gasteiger partial charge in [0, 0.05) is 19.6 Å². The van der Waals surface area contributed by atoms with Gasteiger partial charge in [0.05, 0.1) is 13.2 Å². The van der Waals surface area contributed by atoms with Gasteiger partial charge in [-0.1, -0.05) is 0 Å². The lowest BCUT2D eigenvalue weighted by Gasteiger charge is -2.29. The number of carboxylic acids is 1. The first-order valence-electron chi connectivity index (χ1n) is 4.25. The zero-order valence-corrected chi connectivity index (χ0v) is 7.40. The molecule has 6 heteroatoms. The standard InChI is InChI=1S/C7H15N3O3/c8-5-6(7(11)12)9-10-1-3-13-4-2-10/h6,9H,1-5,8H2,(H,11,12). The zero-order chi connectivity index (χ0) is 9.68. The topological polar surface area (TPSA) is 87.8 Å². The van der Waals surface area contributed by atoms with Crippen molar-refractivity contribution in [3.8, 4) is 0 Å². The number of carboxylic acid groups (broad SMARTS) is 1. The van der Waals surface area contributed by atoms with Crippen LogP contribution in [0.4, 0.5) is 0 Å². The third kappa shape index (κ3) is 3.27. The normalized spacial score (nSPS) is 21.3. The molecule has 0 amide bonds. The summed E-state index contributed by atoms with van der Waals surface area (Å²) in [4.78, 5) is 10.6. The molecule has 0 bridgehead atoms. The molecule has 1 heterocycles. The summed E-state index contributed by atoms with van der Waals surface area (Å²) in [5.41, 5.74) is 8.12. The summed E-state index contributed by atoms with van der Waals surface area (Å²) in [6.45, 7) is 2.74. The molecule has 0 saturated carbocycles. The molecule has 1 aliphatic rings. The van der Waals surface area contributed by atoms with Crippen LogP contribution < -0.4 is 11.2 Å². The van der Waals surface area contributed by atoms with Gasteiger partial charge in [-0.15, -0.1) is 0 Å². The maximum atomic E-state index is 10.6. The maximum absolute atomic E-state index is 10.6. The number of morpholine rings is 1. The fraction of sp³-hybridized carbons (Fsp3) is 0.857. The summed E-state index contributed by atoms with van der Waals surface area (Å²) in [6.07, 6.45) is 0. The molecule has 0 aromatic carbocycles. The van der Waals surface area contributed by atoms with Crippen molar-refractivity contribution in [2.45, 2.75) is 6.04 Å². The van der Waals surface area contributed by atoms with E-state index in [0.717, 1.165) is 0 Å². The molecule has 4 N–H and O–H groups in total. The van der Waals surface area contributed by atoms with Crippen LogP contribution in [-0.4, -0.2) is 55.0 Å². The van der Waals surface area contributed by atoms with Gasteiger partial charge >= 0.3 is 5.97 Å². The van der Waals surface area contributed by atoms with Crippen LogP contribution in [0.2, 0.25) is 0 Å². The minimum absolute atomic E-state index is 0.0900. The van der Waals surface area contributed by atoms with Crippen LogP contribution in [0.5, 0.6) is 0 Å². The molecule has 0 aliphatic carbocycles. The molecule has 0 spiro atoms. The molecule has 76 valence electrons. The van der Waals surface area contributed by atoms with Crippen LogP contribution in [0.25, 0.3) is 0 Å². The molecule has 0 aromatic heterocycles. The number of ether oxygens (including phenoxy) is 1. The second kappa shape index (κ2) is 5.13. The third-order valence-corrected chi connectivity index (χ3v) is 1.88. The number of rotatable bonds is 4. The van der Waals surface area contributed by atoms with E-state index in [1.54, 1.807) is 0 Å². The number of nitrogens with two attached hydrogens (primary N) is 1. The van der Waals surface area contributed by atoms with Crippen LogP contribution in [-0.2, 0) is 9.53 Å². The van der Waals surface area contributed by atoms with E-state index in [9.17, 15) is 4.79 Å². The first kappa shape index (κ1) is 10.4. The number of hydrogen-bond acceptors (Lipinski definition) is 5. The smallest absolute Gasteiger partial charge is 0.323 e. The maximum Gasteiger partial charge on any atom is 0.323 e. The largest absolute Gasteiger partial charge is 0.480 e. The quantitative estimate of drug-likeness (QED) is 0.485. The minimum atomic E-state index is -0.922. The summed E-state index contributed by atoms with van der Waals surface area (Å²) in [5, 5.41) is 10.5. The zero-order valence-electron chi connectivity index (χ0n) is 7.40. The van der Waals surface area contributed by atoms with Crippen LogP contribution in [0.3, 0.4) is 0 Å². The SMILES string of the molecule is NCC(NN1CCOCC1)C(=O)O. The van der Waals surface area contributed by atoms with E-state index in [2.05, 4.69) is 5.43 Å². The number of hydrogen-bond donors (Lipinski definition) is 3. The Kier molecular flexibility index (Phi) is 4.10. The number of carbonyl (C=O) groups is 1. The van der Waals surface area contributed by atoms with Crippen molar-refractivity contribution in [2.75, 3.05) is 32.8 Å². The lowest BCUT2D eigenvalue weighted by Crippen LogP contribution is -2.55. The lowest BCUT2D eigenvalue weighted by atomic mass is 10.3. The Hall–Kier alpha value is -0.690. The predicted molar refractivity (Wildman–Crippen MR) is 46.0 cm³/mol. The number of nitrogens with zero attached hydrogens (tertiary/aromatic N) is 1. The van der Waals surface area contributed by atoms with Crippen molar-refractivity contribution < 1.29 is 14.6 Å². The average molecular weight is 189 g/mol. The first-order valence-corrected chi connectivity index (χ1v) is 4.25. The molecule has 0 radical (unpaired) electrons. The fourth-order valence-electron chi connectivity index (χ4n) is 1.12. The molecule has 1 fully saturated rings. The number of nitrogens with one attached hydrogen (secondary N) is 1. The highest BCUT2D eigenvalue weighted by Crippen LogP contribution is 1.94. The summed E-state index contributed by atoms with van der Waals surface area (Å²) < 4.78 is 5.12. The monoisotopic (exact) mass is 189 g/mol. The van der Waals surface area contributed by atoms with Crippen LogP contribution in [0.1, 0.15) is 0 Å². The molecular weight excluding hydrogens is 174 g/mol. The Morgan fingerprint density at radius 3 is 2.69 bits per heavy atom. The Balaban J connectivity index is 2.31. The minimum Gasteiger partial charge on any atom is -0.480 e. The number of aliphatic carboxylic acids is 1. The second-order valence-electron chi connectivity index (χ2n) is 2.86.